The number of nitrogens with one attached hydrogen (secondary N) is 3. The number of nitrogens with two attached hydrogens (primary N) is 2. The lowest BCUT2D eigenvalue weighted by atomic mass is 10.0. The molecule has 0 radical (unpaired) electrons. The molecular formula is C25H35N11O3. The van der Waals surface area contributed by atoms with Crippen LogP contribution in [0.4, 0.5) is 11.9 Å². The summed E-state index contributed by atoms with van der Waals surface area (Å²) in [5, 5.41) is 21.6. The lowest BCUT2D eigenvalue weighted by Gasteiger charge is -2.14. The number of aromatic amines is 2. The van der Waals surface area contributed by atoms with Crippen LogP contribution in [-0.4, -0.2) is 50.1 Å². The monoisotopic (exact) mass is 537 g/mol. The van der Waals surface area contributed by atoms with Gasteiger partial charge in [0.2, 0.25) is 5.95 Å². The normalized spacial score (nSPS) is 12.6. The van der Waals surface area contributed by atoms with Gasteiger partial charge in [-0.05, 0) is 33.6 Å². The number of allylic oxidation sites excluding steroid dienone is 1. The molecular weight excluding hydrogens is 502 g/mol. The van der Waals surface area contributed by atoms with Crippen LogP contribution >= 0.6 is 0 Å². The molecule has 0 aromatic carbocycles. The second-order valence-electron chi connectivity index (χ2n) is 9.85. The number of hydrogen-bond acceptors (Lipinski definition) is 10. The molecule has 0 bridgehead atoms. The van der Waals surface area contributed by atoms with E-state index in [9.17, 15) is 14.7 Å². The standard InChI is InChI=1S/C10H13N3O.C8H11N5O.C7H11N3O/c1-6(2)13-5-12-10-8(11)3-7(14)4-9(10)13;1-4(2)13-6-5(3-10-13)7(14)12-8(9)11-6;1-4(2)5-3-9-7(8)10-6(5)11/h4-6,11,14H,3H2,1-2H3;3-4H,1-2H3,(H3,9,11,12,14);3-4H,1-2H3,(H3,8,9,10,11). The molecule has 0 fully saturated rings. The maximum atomic E-state index is 11.4. The average Bonchev–Trinajstić information content (AvgIpc) is 3.44. The second-order valence-corrected chi connectivity index (χ2v) is 9.85. The summed E-state index contributed by atoms with van der Waals surface area (Å²) in [4.78, 5) is 39.4. The Hall–Kier alpha value is -4.75. The van der Waals surface area contributed by atoms with E-state index in [-0.39, 0.29) is 40.7 Å². The van der Waals surface area contributed by atoms with E-state index in [4.69, 9.17) is 16.9 Å². The molecule has 8 N–H and O–H groups in total. The summed E-state index contributed by atoms with van der Waals surface area (Å²) < 4.78 is 3.63. The molecule has 0 saturated carbocycles. The summed E-state index contributed by atoms with van der Waals surface area (Å²) in [6.45, 7) is 11.9. The van der Waals surface area contributed by atoms with Gasteiger partial charge in [0.05, 0.1) is 23.9 Å². The number of nitrogens with zero attached hydrogens (tertiary/aromatic N) is 6. The summed E-state index contributed by atoms with van der Waals surface area (Å²) in [5.41, 5.74) is 13.4. The molecule has 1 aliphatic carbocycles. The van der Waals surface area contributed by atoms with Crippen molar-refractivity contribution in [2.45, 2.75) is 66.0 Å². The van der Waals surface area contributed by atoms with Crippen molar-refractivity contribution in [3.05, 3.63) is 62.1 Å². The van der Waals surface area contributed by atoms with Gasteiger partial charge in [-0.2, -0.15) is 10.1 Å². The second kappa shape index (κ2) is 11.8. The maximum absolute atomic E-state index is 11.4. The van der Waals surface area contributed by atoms with E-state index in [1.165, 1.54) is 12.4 Å². The minimum Gasteiger partial charge on any atom is -0.512 e. The fraction of sp³-hybridized carbons (Fsp3) is 0.400. The molecule has 0 amide bonds. The molecule has 14 heteroatoms. The lowest BCUT2D eigenvalue weighted by Crippen LogP contribution is -2.16. The van der Waals surface area contributed by atoms with Crippen LogP contribution in [-0.2, 0) is 0 Å². The number of anilines is 2. The van der Waals surface area contributed by atoms with Crippen LogP contribution < -0.4 is 22.6 Å². The molecule has 0 saturated heterocycles. The van der Waals surface area contributed by atoms with E-state index in [2.05, 4.69) is 30.0 Å². The SMILES string of the molecule is CC(C)c1cnc(N)[nH]c1=O.CC(C)n1cnc2c1C=C(O)CC2=N.CC(C)n1ncc2c(=O)[nH]c(N)nc21. The van der Waals surface area contributed by atoms with E-state index in [0.717, 1.165) is 5.69 Å². The van der Waals surface area contributed by atoms with E-state index < -0.39 is 0 Å². The van der Waals surface area contributed by atoms with Crippen molar-refractivity contribution in [3.8, 4) is 0 Å². The minimum absolute atomic E-state index is 0.116. The van der Waals surface area contributed by atoms with Crippen LogP contribution in [0, 0.1) is 5.41 Å². The van der Waals surface area contributed by atoms with Crippen molar-refractivity contribution in [2.24, 2.45) is 0 Å². The van der Waals surface area contributed by atoms with Crippen LogP contribution in [0.3, 0.4) is 0 Å². The number of aliphatic hydroxyl groups is 1. The summed E-state index contributed by atoms with van der Waals surface area (Å²) in [7, 11) is 0. The first-order valence-electron chi connectivity index (χ1n) is 12.4. The maximum Gasteiger partial charge on any atom is 0.263 e. The predicted octanol–water partition coefficient (Wildman–Crippen LogP) is 2.89. The predicted molar refractivity (Wildman–Crippen MR) is 151 cm³/mol. The summed E-state index contributed by atoms with van der Waals surface area (Å²) in [6, 6.07) is 0.447. The Balaban J connectivity index is 0.000000163. The highest BCUT2D eigenvalue weighted by atomic mass is 16.3. The highest BCUT2D eigenvalue weighted by Crippen LogP contribution is 2.23. The Kier molecular flexibility index (Phi) is 8.68. The number of aromatic nitrogens is 8. The molecule has 0 unspecified atom stereocenters. The van der Waals surface area contributed by atoms with E-state index in [1.54, 1.807) is 17.1 Å². The Morgan fingerprint density at radius 3 is 2.23 bits per heavy atom. The van der Waals surface area contributed by atoms with E-state index in [0.29, 0.717) is 40.5 Å². The molecule has 208 valence electrons. The highest BCUT2D eigenvalue weighted by Gasteiger charge is 2.20. The van der Waals surface area contributed by atoms with Gasteiger partial charge in [0.25, 0.3) is 11.1 Å². The highest BCUT2D eigenvalue weighted by molar-refractivity contribution is 6.02. The van der Waals surface area contributed by atoms with Gasteiger partial charge in [0.15, 0.2) is 11.6 Å². The van der Waals surface area contributed by atoms with E-state index >= 15 is 0 Å². The van der Waals surface area contributed by atoms with Crippen LogP contribution in [0.15, 0.2) is 34.1 Å². The Morgan fingerprint density at radius 1 is 0.974 bits per heavy atom. The van der Waals surface area contributed by atoms with Crippen LogP contribution in [0.1, 0.15) is 82.9 Å². The number of hydrogen-bond donors (Lipinski definition) is 6. The summed E-state index contributed by atoms with van der Waals surface area (Å²) in [6.07, 6.45) is 6.72. The topological polar surface area (TPSA) is 223 Å². The van der Waals surface area contributed by atoms with Crippen LogP contribution in [0.5, 0.6) is 0 Å². The van der Waals surface area contributed by atoms with E-state index in [1.807, 2.05) is 46.1 Å². The van der Waals surface area contributed by atoms with Gasteiger partial charge in [-0.25, -0.2) is 14.6 Å². The third-order valence-electron chi connectivity index (χ3n) is 5.77. The third kappa shape index (κ3) is 6.58. The number of fused-ring (bicyclic) bond motifs is 2. The van der Waals surface area contributed by atoms with Gasteiger partial charge < -0.3 is 26.6 Å². The zero-order valence-electron chi connectivity index (χ0n) is 22.9. The van der Waals surface area contributed by atoms with Crippen molar-refractivity contribution in [2.75, 3.05) is 11.5 Å². The smallest absolute Gasteiger partial charge is 0.263 e. The molecule has 4 aromatic rings. The Morgan fingerprint density at radius 2 is 1.64 bits per heavy atom. The molecule has 4 heterocycles. The average molecular weight is 538 g/mol. The molecule has 0 atom stereocenters. The zero-order valence-corrected chi connectivity index (χ0v) is 22.9. The molecule has 0 spiro atoms. The molecule has 39 heavy (non-hydrogen) atoms. The third-order valence-corrected chi connectivity index (χ3v) is 5.77. The van der Waals surface area contributed by atoms with Gasteiger partial charge in [-0.1, -0.05) is 13.8 Å². The van der Waals surface area contributed by atoms with Crippen molar-refractivity contribution in [1.82, 2.24) is 39.3 Å². The zero-order chi connectivity index (χ0) is 29.0. The Labute approximate surface area is 224 Å². The molecule has 14 nitrogen and oxygen atoms in total. The van der Waals surface area contributed by atoms with Crippen LogP contribution in [0.2, 0.25) is 0 Å². The molecule has 4 aromatic heterocycles. The van der Waals surface area contributed by atoms with Crippen molar-refractivity contribution in [1.29, 1.82) is 5.41 Å². The van der Waals surface area contributed by atoms with Gasteiger partial charge in [-0.3, -0.25) is 19.6 Å². The number of nitrogen functional groups attached to an aromatic ring is 2. The van der Waals surface area contributed by atoms with Gasteiger partial charge in [0, 0.05) is 36.3 Å². The minimum atomic E-state index is -0.251. The fourth-order valence-electron chi connectivity index (χ4n) is 3.79. The molecule has 5 rings (SSSR count). The van der Waals surface area contributed by atoms with Gasteiger partial charge >= 0.3 is 0 Å². The van der Waals surface area contributed by atoms with Crippen molar-refractivity contribution >= 4 is 34.7 Å². The Bertz CT molecular complexity index is 1620. The summed E-state index contributed by atoms with van der Waals surface area (Å²) in [5.74, 6) is 0.709. The largest absolute Gasteiger partial charge is 0.512 e. The van der Waals surface area contributed by atoms with Crippen molar-refractivity contribution < 1.29 is 5.11 Å². The van der Waals surface area contributed by atoms with Crippen molar-refractivity contribution in [3.63, 3.8) is 0 Å². The first-order valence-corrected chi connectivity index (χ1v) is 12.4. The number of imidazole rings is 1. The van der Waals surface area contributed by atoms with Gasteiger partial charge in [0.1, 0.15) is 16.8 Å². The molecule has 1 aliphatic rings. The quantitative estimate of drug-likeness (QED) is 0.225. The first-order chi connectivity index (χ1) is 18.3. The molecule has 0 aliphatic heterocycles. The summed E-state index contributed by atoms with van der Waals surface area (Å²) >= 11 is 0. The first kappa shape index (κ1) is 28.8. The number of aliphatic hydroxyl groups excluding tert-OH is 1. The van der Waals surface area contributed by atoms with Gasteiger partial charge in [-0.15, -0.1) is 0 Å². The van der Waals surface area contributed by atoms with Crippen LogP contribution in [0.25, 0.3) is 17.1 Å². The number of H-pyrrole nitrogens is 2. The fourth-order valence-corrected chi connectivity index (χ4v) is 3.79. The number of rotatable bonds is 3. The lowest BCUT2D eigenvalue weighted by molar-refractivity contribution is 0.408.